The van der Waals surface area contributed by atoms with Gasteiger partial charge in [0.1, 0.15) is 11.5 Å². The molecule has 1 N–H and O–H groups in total. The molecule has 0 bridgehead atoms. The van der Waals surface area contributed by atoms with E-state index in [0.717, 1.165) is 22.5 Å². The Balaban J connectivity index is 2.05. The van der Waals surface area contributed by atoms with E-state index in [0.29, 0.717) is 6.04 Å². The Morgan fingerprint density at radius 3 is 2.60 bits per heavy atom. The zero-order valence-electron chi connectivity index (χ0n) is 12.6. The van der Waals surface area contributed by atoms with E-state index in [1.807, 2.05) is 19.2 Å². The van der Waals surface area contributed by atoms with E-state index < -0.39 is 0 Å². The smallest absolute Gasteiger partial charge is 0.127 e. The highest BCUT2D eigenvalue weighted by Gasteiger charge is 2.20. The largest absolute Gasteiger partial charge is 0.497 e. The minimum atomic E-state index is 0.321. The molecule has 1 aromatic carbocycles. The Morgan fingerprint density at radius 1 is 1.25 bits per heavy atom. The minimum Gasteiger partial charge on any atom is -0.497 e. The fourth-order valence-electron chi connectivity index (χ4n) is 2.72. The van der Waals surface area contributed by atoms with Gasteiger partial charge in [-0.3, -0.25) is 0 Å². The van der Waals surface area contributed by atoms with Gasteiger partial charge in [-0.2, -0.15) is 11.8 Å². The van der Waals surface area contributed by atoms with Crippen LogP contribution < -0.4 is 14.8 Å². The van der Waals surface area contributed by atoms with Crippen molar-refractivity contribution in [1.29, 1.82) is 0 Å². The fraction of sp³-hybridized carbons (Fsp3) is 0.625. The lowest BCUT2D eigenvalue weighted by Crippen LogP contribution is -2.20. The molecule has 112 valence electrons. The van der Waals surface area contributed by atoms with Gasteiger partial charge in [0.05, 0.1) is 14.2 Å². The number of benzene rings is 1. The third kappa shape index (κ3) is 3.83. The molecule has 1 aromatic rings. The molecule has 0 radical (unpaired) electrons. The summed E-state index contributed by atoms with van der Waals surface area (Å²) in [7, 11) is 5.42. The van der Waals surface area contributed by atoms with Crippen molar-refractivity contribution in [2.75, 3.05) is 27.0 Å². The molecule has 1 aliphatic carbocycles. The molecule has 0 saturated heterocycles. The van der Waals surface area contributed by atoms with Gasteiger partial charge in [-0.25, -0.2) is 0 Å². The fourth-order valence-corrected chi connectivity index (χ4v) is 4.20. The topological polar surface area (TPSA) is 30.5 Å². The van der Waals surface area contributed by atoms with Crippen LogP contribution in [0.4, 0.5) is 0 Å². The second kappa shape index (κ2) is 7.79. The van der Waals surface area contributed by atoms with Gasteiger partial charge < -0.3 is 14.8 Å². The van der Waals surface area contributed by atoms with Gasteiger partial charge in [0, 0.05) is 28.7 Å². The molecule has 1 unspecified atom stereocenters. The number of hydrogen-bond acceptors (Lipinski definition) is 4. The molecule has 1 fully saturated rings. The molecule has 20 heavy (non-hydrogen) atoms. The Morgan fingerprint density at radius 2 is 2.00 bits per heavy atom. The normalized spacial score (nSPS) is 17.1. The standard InChI is InChI=1S/C16H25NO2S/c1-17-15(11-20-13-6-4-5-7-13)14-9-8-12(18-2)10-16(14)19-3/h8-10,13,15,17H,4-7,11H2,1-3H3. The Kier molecular flexibility index (Phi) is 6.05. The van der Waals surface area contributed by atoms with Crippen LogP contribution >= 0.6 is 11.8 Å². The lowest BCUT2D eigenvalue weighted by molar-refractivity contribution is 0.387. The second-order valence-electron chi connectivity index (χ2n) is 5.19. The number of thioether (sulfide) groups is 1. The van der Waals surface area contributed by atoms with Crippen molar-refractivity contribution in [3.63, 3.8) is 0 Å². The molecule has 2 rings (SSSR count). The highest BCUT2D eigenvalue weighted by atomic mass is 32.2. The quantitative estimate of drug-likeness (QED) is 0.832. The first-order valence-corrected chi connectivity index (χ1v) is 8.34. The average Bonchev–Trinajstić information content (AvgIpc) is 3.01. The third-order valence-electron chi connectivity index (χ3n) is 3.97. The van der Waals surface area contributed by atoms with E-state index in [2.05, 4.69) is 23.1 Å². The van der Waals surface area contributed by atoms with E-state index >= 15 is 0 Å². The number of hydrogen-bond donors (Lipinski definition) is 1. The van der Waals surface area contributed by atoms with E-state index in [-0.39, 0.29) is 0 Å². The summed E-state index contributed by atoms with van der Waals surface area (Å²) in [6, 6.07) is 6.39. The highest BCUT2D eigenvalue weighted by Crippen LogP contribution is 2.35. The Bertz CT molecular complexity index is 419. The molecular formula is C16H25NO2S. The van der Waals surface area contributed by atoms with Crippen LogP contribution in [-0.4, -0.2) is 32.3 Å². The summed E-state index contributed by atoms with van der Waals surface area (Å²) in [5, 5.41) is 4.26. The van der Waals surface area contributed by atoms with Crippen molar-refractivity contribution < 1.29 is 9.47 Å². The first-order chi connectivity index (χ1) is 9.78. The van der Waals surface area contributed by atoms with Crippen LogP contribution in [0.3, 0.4) is 0 Å². The van der Waals surface area contributed by atoms with Crippen LogP contribution in [0.1, 0.15) is 37.3 Å². The highest BCUT2D eigenvalue weighted by molar-refractivity contribution is 7.99. The van der Waals surface area contributed by atoms with E-state index in [4.69, 9.17) is 9.47 Å². The van der Waals surface area contributed by atoms with Crippen molar-refractivity contribution in [3.8, 4) is 11.5 Å². The maximum atomic E-state index is 5.51. The number of nitrogens with one attached hydrogen (secondary N) is 1. The lowest BCUT2D eigenvalue weighted by Gasteiger charge is -2.21. The summed E-state index contributed by atoms with van der Waals surface area (Å²) in [6.07, 6.45) is 5.54. The van der Waals surface area contributed by atoms with Crippen molar-refractivity contribution in [3.05, 3.63) is 23.8 Å². The van der Waals surface area contributed by atoms with Gasteiger partial charge in [0.2, 0.25) is 0 Å². The first kappa shape index (κ1) is 15.5. The number of ether oxygens (including phenoxy) is 2. The number of methoxy groups -OCH3 is 2. The van der Waals surface area contributed by atoms with Crippen LogP contribution in [0, 0.1) is 0 Å². The van der Waals surface area contributed by atoms with Gasteiger partial charge in [-0.05, 0) is 26.0 Å². The van der Waals surface area contributed by atoms with Crippen LogP contribution in [0.25, 0.3) is 0 Å². The van der Waals surface area contributed by atoms with Crippen LogP contribution in [0.15, 0.2) is 18.2 Å². The molecule has 4 heteroatoms. The molecule has 1 aliphatic rings. The maximum Gasteiger partial charge on any atom is 0.127 e. The third-order valence-corrected chi connectivity index (χ3v) is 5.43. The molecule has 0 aliphatic heterocycles. The molecular weight excluding hydrogens is 270 g/mol. The second-order valence-corrected chi connectivity index (χ2v) is 6.52. The molecule has 0 amide bonds. The summed E-state index contributed by atoms with van der Waals surface area (Å²) in [4.78, 5) is 0. The van der Waals surface area contributed by atoms with Gasteiger partial charge in [0.15, 0.2) is 0 Å². The van der Waals surface area contributed by atoms with Crippen LogP contribution in [0.2, 0.25) is 0 Å². The minimum absolute atomic E-state index is 0.321. The zero-order valence-corrected chi connectivity index (χ0v) is 13.5. The molecule has 3 nitrogen and oxygen atoms in total. The van der Waals surface area contributed by atoms with Gasteiger partial charge in [-0.15, -0.1) is 0 Å². The molecule has 1 saturated carbocycles. The van der Waals surface area contributed by atoms with Gasteiger partial charge in [-0.1, -0.05) is 18.9 Å². The predicted octanol–water partition coefficient (Wildman–Crippen LogP) is 3.64. The summed E-state index contributed by atoms with van der Waals surface area (Å²) < 4.78 is 10.8. The van der Waals surface area contributed by atoms with Crippen LogP contribution in [-0.2, 0) is 0 Å². The first-order valence-electron chi connectivity index (χ1n) is 7.29. The molecule has 0 heterocycles. The van der Waals surface area contributed by atoms with E-state index in [9.17, 15) is 0 Å². The number of rotatable bonds is 7. The average molecular weight is 295 g/mol. The molecule has 0 spiro atoms. The van der Waals surface area contributed by atoms with E-state index in [1.165, 1.54) is 31.2 Å². The predicted molar refractivity (Wildman–Crippen MR) is 86.1 cm³/mol. The summed E-state index contributed by atoms with van der Waals surface area (Å²) in [6.45, 7) is 0. The monoisotopic (exact) mass is 295 g/mol. The van der Waals surface area contributed by atoms with Crippen molar-refractivity contribution >= 4 is 11.8 Å². The van der Waals surface area contributed by atoms with Crippen LogP contribution in [0.5, 0.6) is 11.5 Å². The van der Waals surface area contributed by atoms with Crippen molar-refractivity contribution in [2.45, 2.75) is 37.0 Å². The SMILES string of the molecule is CNC(CSC1CCCC1)c1ccc(OC)cc1OC. The summed E-state index contributed by atoms with van der Waals surface area (Å²) in [5.74, 6) is 2.82. The zero-order chi connectivity index (χ0) is 14.4. The Hall–Kier alpha value is -0.870. The van der Waals surface area contributed by atoms with Gasteiger partial charge in [0.25, 0.3) is 0 Å². The summed E-state index contributed by atoms with van der Waals surface area (Å²) >= 11 is 2.09. The molecule has 0 aromatic heterocycles. The maximum absolute atomic E-state index is 5.51. The van der Waals surface area contributed by atoms with Crippen molar-refractivity contribution in [1.82, 2.24) is 5.32 Å². The molecule has 1 atom stereocenters. The summed E-state index contributed by atoms with van der Waals surface area (Å²) in [5.41, 5.74) is 1.21. The van der Waals surface area contributed by atoms with E-state index in [1.54, 1.807) is 14.2 Å². The van der Waals surface area contributed by atoms with Gasteiger partial charge >= 0.3 is 0 Å². The van der Waals surface area contributed by atoms with Crippen molar-refractivity contribution in [2.24, 2.45) is 0 Å². The Labute approximate surface area is 126 Å². The lowest BCUT2D eigenvalue weighted by atomic mass is 10.1.